The fourth-order valence-electron chi connectivity index (χ4n) is 4.77. The van der Waals surface area contributed by atoms with E-state index in [-0.39, 0.29) is 22.5 Å². The molecule has 0 bridgehead atoms. The number of sulfonamides is 1. The number of hydrogen-bond acceptors (Lipinski definition) is 8. The third-order valence-corrected chi connectivity index (χ3v) is 9.97. The summed E-state index contributed by atoms with van der Waals surface area (Å²) in [5, 5.41) is 11.8. The molecule has 3 aromatic rings. The number of non-ortho nitro benzene ring substituents is 1. The van der Waals surface area contributed by atoms with Gasteiger partial charge in [-0.15, -0.1) is 0 Å². The van der Waals surface area contributed by atoms with Crippen LogP contribution in [0.5, 0.6) is 0 Å². The molecule has 2 aliphatic heterocycles. The molecule has 36 heavy (non-hydrogen) atoms. The van der Waals surface area contributed by atoms with Gasteiger partial charge in [0.25, 0.3) is 11.6 Å². The fourth-order valence-corrected chi connectivity index (χ4v) is 7.52. The van der Waals surface area contributed by atoms with E-state index in [0.717, 1.165) is 29.1 Å². The molecule has 12 heteroatoms. The van der Waals surface area contributed by atoms with Crippen LogP contribution in [0, 0.1) is 10.1 Å². The summed E-state index contributed by atoms with van der Waals surface area (Å²) >= 11 is 1.40. The molecule has 0 spiro atoms. The van der Waals surface area contributed by atoms with Gasteiger partial charge in [-0.1, -0.05) is 17.8 Å². The summed E-state index contributed by atoms with van der Waals surface area (Å²) in [7, 11) is -3.58. The van der Waals surface area contributed by atoms with Crippen molar-refractivity contribution in [3.05, 3.63) is 58.1 Å². The number of nitrogens with zero attached hydrogens (tertiary/aromatic N) is 5. The first-order chi connectivity index (χ1) is 17.2. The van der Waals surface area contributed by atoms with Crippen LogP contribution in [0.15, 0.2) is 47.4 Å². The molecule has 1 unspecified atom stereocenters. The Morgan fingerprint density at radius 3 is 2.44 bits per heavy atom. The normalized spacial score (nSPS) is 19.5. The highest BCUT2D eigenvalue weighted by Crippen LogP contribution is 2.32. The number of fused-ring (bicyclic) bond motifs is 1. The van der Waals surface area contributed by atoms with Gasteiger partial charge in [0.2, 0.25) is 10.0 Å². The first-order valence-electron chi connectivity index (χ1n) is 11.9. The maximum absolute atomic E-state index is 13.1. The lowest BCUT2D eigenvalue weighted by Gasteiger charge is -2.34. The number of piperazine rings is 1. The van der Waals surface area contributed by atoms with E-state index in [1.165, 1.54) is 35.6 Å². The fraction of sp³-hybridized carbons (Fsp3) is 0.417. The van der Waals surface area contributed by atoms with Crippen molar-refractivity contribution in [3.63, 3.8) is 0 Å². The number of rotatable bonds is 5. The smallest absolute Gasteiger partial charge is 0.270 e. The molecule has 1 amide bonds. The molecule has 0 saturated carbocycles. The number of hydrogen-bond donors (Lipinski definition) is 0. The molecule has 0 radical (unpaired) electrons. The standard InChI is InChI=1S/C24H27N5O5S2/c1-17-4-2-3-11-28(17)36(33,34)20-8-5-18(6-9-20)23(30)26-12-14-27(15-13-26)24-25-21-10-7-19(29(31)32)16-22(21)35-24/h5-10,16-17H,2-4,11-15H2,1H3. The van der Waals surface area contributed by atoms with Gasteiger partial charge in [0.1, 0.15) is 0 Å². The van der Waals surface area contributed by atoms with E-state index in [2.05, 4.69) is 9.88 Å². The summed E-state index contributed by atoms with van der Waals surface area (Å²) in [4.78, 5) is 32.3. The molecular weight excluding hydrogens is 502 g/mol. The number of piperidine rings is 1. The van der Waals surface area contributed by atoms with Gasteiger partial charge in [-0.05, 0) is 50.1 Å². The molecule has 190 valence electrons. The summed E-state index contributed by atoms with van der Waals surface area (Å²) < 4.78 is 28.4. The zero-order valence-electron chi connectivity index (χ0n) is 19.9. The predicted molar refractivity (Wildman–Crippen MR) is 138 cm³/mol. The minimum atomic E-state index is -3.58. The van der Waals surface area contributed by atoms with Gasteiger partial charge in [-0.25, -0.2) is 13.4 Å². The Kier molecular flexibility index (Phi) is 6.66. The lowest BCUT2D eigenvalue weighted by Crippen LogP contribution is -2.48. The zero-order valence-corrected chi connectivity index (χ0v) is 21.5. The number of anilines is 1. The first-order valence-corrected chi connectivity index (χ1v) is 14.2. The van der Waals surface area contributed by atoms with Crippen LogP contribution < -0.4 is 4.90 Å². The highest BCUT2D eigenvalue weighted by molar-refractivity contribution is 7.89. The van der Waals surface area contributed by atoms with Crippen LogP contribution in [-0.4, -0.2) is 72.2 Å². The number of thiazole rings is 1. The van der Waals surface area contributed by atoms with Gasteiger partial charge in [-0.3, -0.25) is 14.9 Å². The minimum Gasteiger partial charge on any atom is -0.345 e. The maximum Gasteiger partial charge on any atom is 0.270 e. The summed E-state index contributed by atoms with van der Waals surface area (Å²) in [6.07, 6.45) is 2.76. The molecule has 0 aliphatic carbocycles. The summed E-state index contributed by atoms with van der Waals surface area (Å²) in [5.41, 5.74) is 1.21. The Morgan fingerprint density at radius 1 is 1.06 bits per heavy atom. The van der Waals surface area contributed by atoms with E-state index >= 15 is 0 Å². The van der Waals surface area contributed by atoms with Crippen molar-refractivity contribution >= 4 is 48.3 Å². The van der Waals surface area contributed by atoms with Gasteiger partial charge in [0.05, 0.1) is 20.0 Å². The number of carbonyl (C=O) groups excluding carboxylic acids is 1. The molecule has 2 saturated heterocycles. The quantitative estimate of drug-likeness (QED) is 0.365. The van der Waals surface area contributed by atoms with Crippen molar-refractivity contribution in [2.75, 3.05) is 37.6 Å². The molecule has 3 heterocycles. The van der Waals surface area contributed by atoms with Crippen molar-refractivity contribution in [2.24, 2.45) is 0 Å². The van der Waals surface area contributed by atoms with Crippen molar-refractivity contribution in [3.8, 4) is 0 Å². The second-order valence-electron chi connectivity index (χ2n) is 9.17. The number of nitro benzene ring substituents is 1. The van der Waals surface area contributed by atoms with Gasteiger partial charge in [-0.2, -0.15) is 4.31 Å². The van der Waals surface area contributed by atoms with E-state index in [9.17, 15) is 23.3 Å². The van der Waals surface area contributed by atoms with Crippen LogP contribution in [-0.2, 0) is 10.0 Å². The Hall–Kier alpha value is -3.09. The Bertz CT molecular complexity index is 1400. The van der Waals surface area contributed by atoms with E-state index in [1.807, 2.05) is 6.92 Å². The molecule has 2 fully saturated rings. The van der Waals surface area contributed by atoms with Gasteiger partial charge < -0.3 is 9.80 Å². The maximum atomic E-state index is 13.1. The van der Waals surface area contributed by atoms with E-state index in [4.69, 9.17) is 0 Å². The molecule has 1 atom stereocenters. The van der Waals surface area contributed by atoms with Gasteiger partial charge in [0.15, 0.2) is 5.13 Å². The molecule has 1 aromatic heterocycles. The predicted octanol–water partition coefficient (Wildman–Crippen LogP) is 3.73. The van der Waals surface area contributed by atoms with Crippen molar-refractivity contribution in [2.45, 2.75) is 37.1 Å². The number of nitro groups is 1. The van der Waals surface area contributed by atoms with Crippen LogP contribution in [0.3, 0.4) is 0 Å². The van der Waals surface area contributed by atoms with Crippen LogP contribution in [0.4, 0.5) is 10.8 Å². The molecule has 0 N–H and O–H groups in total. The largest absolute Gasteiger partial charge is 0.345 e. The lowest BCUT2D eigenvalue weighted by molar-refractivity contribution is -0.384. The molecule has 5 rings (SSSR count). The first kappa shape index (κ1) is 24.6. The van der Waals surface area contributed by atoms with Crippen LogP contribution in [0.2, 0.25) is 0 Å². The number of carbonyl (C=O) groups is 1. The van der Waals surface area contributed by atoms with Crippen LogP contribution in [0.1, 0.15) is 36.5 Å². The number of amides is 1. The number of aromatic nitrogens is 1. The molecule has 2 aromatic carbocycles. The molecular formula is C24H27N5O5S2. The van der Waals surface area contributed by atoms with Crippen LogP contribution >= 0.6 is 11.3 Å². The van der Waals surface area contributed by atoms with Crippen LogP contribution in [0.25, 0.3) is 10.2 Å². The Morgan fingerprint density at radius 2 is 1.78 bits per heavy atom. The third-order valence-electron chi connectivity index (χ3n) is 6.86. The average Bonchev–Trinajstić information content (AvgIpc) is 3.32. The van der Waals surface area contributed by atoms with E-state index in [0.29, 0.717) is 43.8 Å². The summed E-state index contributed by atoms with van der Waals surface area (Å²) in [6, 6.07) is 10.9. The topological polar surface area (TPSA) is 117 Å². The minimum absolute atomic E-state index is 0.0214. The average molecular weight is 530 g/mol. The zero-order chi connectivity index (χ0) is 25.4. The monoisotopic (exact) mass is 529 g/mol. The summed E-state index contributed by atoms with van der Waals surface area (Å²) in [6.45, 7) is 4.65. The highest BCUT2D eigenvalue weighted by atomic mass is 32.2. The third kappa shape index (κ3) is 4.67. The van der Waals surface area contributed by atoms with Gasteiger partial charge >= 0.3 is 0 Å². The Balaban J connectivity index is 1.23. The van der Waals surface area contributed by atoms with E-state index < -0.39 is 14.9 Å². The van der Waals surface area contributed by atoms with Gasteiger partial charge in [0, 0.05) is 56.5 Å². The number of benzene rings is 2. The summed E-state index contributed by atoms with van der Waals surface area (Å²) in [5.74, 6) is -0.134. The van der Waals surface area contributed by atoms with Crippen molar-refractivity contribution in [1.29, 1.82) is 0 Å². The highest BCUT2D eigenvalue weighted by Gasteiger charge is 2.31. The molecule has 10 nitrogen and oxygen atoms in total. The van der Waals surface area contributed by atoms with Crippen molar-refractivity contribution < 1.29 is 18.1 Å². The Labute approximate surface area is 213 Å². The van der Waals surface area contributed by atoms with E-state index in [1.54, 1.807) is 27.4 Å². The second-order valence-corrected chi connectivity index (χ2v) is 12.1. The molecule has 2 aliphatic rings. The van der Waals surface area contributed by atoms with Crippen molar-refractivity contribution in [1.82, 2.24) is 14.2 Å². The lowest BCUT2D eigenvalue weighted by atomic mass is 10.1. The SMILES string of the molecule is CC1CCCCN1S(=O)(=O)c1ccc(C(=O)N2CCN(c3nc4ccc([N+](=O)[O-])cc4s3)CC2)cc1. The second kappa shape index (κ2) is 9.75.